The van der Waals surface area contributed by atoms with Gasteiger partial charge in [0.05, 0.1) is 19.7 Å². The molecule has 1 fully saturated rings. The number of piperazine rings is 1. The van der Waals surface area contributed by atoms with E-state index in [2.05, 4.69) is 19.1 Å². The Labute approximate surface area is 231 Å². The van der Waals surface area contributed by atoms with Crippen molar-refractivity contribution < 1.29 is 28.6 Å². The van der Waals surface area contributed by atoms with Gasteiger partial charge in [-0.25, -0.2) is 9.59 Å². The maximum absolute atomic E-state index is 13.2. The Morgan fingerprint density at radius 1 is 0.949 bits per heavy atom. The zero-order valence-electron chi connectivity index (χ0n) is 23.9. The molecule has 1 atom stereocenters. The molecule has 0 aromatic heterocycles. The Bertz CT molecular complexity index is 1130. The van der Waals surface area contributed by atoms with Crippen molar-refractivity contribution in [1.29, 1.82) is 0 Å². The molecule has 3 rings (SSSR count). The topological polar surface area (TPSA) is 88.6 Å². The average molecular weight is 540 g/mol. The molecule has 1 heterocycles. The van der Waals surface area contributed by atoms with Crippen LogP contribution in [-0.2, 0) is 32.2 Å². The van der Waals surface area contributed by atoms with E-state index in [-0.39, 0.29) is 32.2 Å². The molecule has 1 unspecified atom stereocenters. The van der Waals surface area contributed by atoms with E-state index in [0.29, 0.717) is 19.6 Å². The molecule has 0 spiro atoms. The Hall–Kier alpha value is -3.59. The third-order valence-corrected chi connectivity index (χ3v) is 6.60. The molecule has 9 nitrogen and oxygen atoms in total. The normalized spacial score (nSPS) is 15.7. The van der Waals surface area contributed by atoms with Gasteiger partial charge < -0.3 is 24.0 Å². The summed E-state index contributed by atoms with van der Waals surface area (Å²) < 4.78 is 16.2. The molecule has 9 heteroatoms. The van der Waals surface area contributed by atoms with Crippen LogP contribution in [-0.4, -0.2) is 84.3 Å². The lowest BCUT2D eigenvalue weighted by Gasteiger charge is -2.42. The summed E-state index contributed by atoms with van der Waals surface area (Å²) in [5, 5.41) is 0. The summed E-state index contributed by atoms with van der Waals surface area (Å²) in [6.07, 6.45) is -0.893. The number of nitrogens with zero attached hydrogens (tertiary/aromatic N) is 3. The number of carbonyl (C=O) groups excluding carboxylic acids is 3. The zero-order valence-corrected chi connectivity index (χ0v) is 23.9. The number of carbonyl (C=O) groups is 3. The first-order chi connectivity index (χ1) is 18.4. The lowest BCUT2D eigenvalue weighted by atomic mass is 10.1. The molecule has 2 aromatic carbocycles. The number of esters is 1. The predicted molar refractivity (Wildman–Crippen MR) is 148 cm³/mol. The summed E-state index contributed by atoms with van der Waals surface area (Å²) in [5.41, 5.74) is 3.63. The van der Waals surface area contributed by atoms with Gasteiger partial charge in [-0.1, -0.05) is 48.5 Å². The Morgan fingerprint density at radius 2 is 1.67 bits per heavy atom. The lowest BCUT2D eigenvalue weighted by molar-refractivity contribution is -0.142. The molecule has 2 amide bonds. The summed E-state index contributed by atoms with van der Waals surface area (Å²) in [6.45, 7) is 11.4. The fourth-order valence-electron chi connectivity index (χ4n) is 4.44. The summed E-state index contributed by atoms with van der Waals surface area (Å²) in [5.74, 6) is -0.378. The van der Waals surface area contributed by atoms with E-state index in [4.69, 9.17) is 14.2 Å². The maximum atomic E-state index is 13.2. The Balaban J connectivity index is 1.81. The van der Waals surface area contributed by atoms with Crippen LogP contribution in [0.2, 0.25) is 0 Å². The number of aryl methyl sites for hydroxylation is 2. The Kier molecular flexibility index (Phi) is 10.3. The van der Waals surface area contributed by atoms with E-state index in [9.17, 15) is 14.4 Å². The number of amides is 2. The first-order valence-corrected chi connectivity index (χ1v) is 13.3. The largest absolute Gasteiger partial charge is 0.468 e. The second kappa shape index (κ2) is 13.5. The number of methoxy groups -OCH3 is 1. The van der Waals surface area contributed by atoms with Crippen LogP contribution >= 0.6 is 0 Å². The van der Waals surface area contributed by atoms with Gasteiger partial charge in [0, 0.05) is 32.7 Å². The SMILES string of the molecule is COC(=O)CN(Cc1ccc(C)c(C)c1)CC1CN(C(=O)OC(C)(C)C)CCN1C(=O)OCc1ccccc1. The van der Waals surface area contributed by atoms with Crippen LogP contribution in [0.1, 0.15) is 43.0 Å². The average Bonchev–Trinajstić information content (AvgIpc) is 2.89. The van der Waals surface area contributed by atoms with Gasteiger partial charge in [0.1, 0.15) is 12.2 Å². The van der Waals surface area contributed by atoms with Crippen molar-refractivity contribution in [3.8, 4) is 0 Å². The number of benzene rings is 2. The molecule has 0 bridgehead atoms. The van der Waals surface area contributed by atoms with E-state index < -0.39 is 23.8 Å². The van der Waals surface area contributed by atoms with Crippen molar-refractivity contribution in [1.82, 2.24) is 14.7 Å². The molecule has 0 N–H and O–H groups in total. The number of hydrogen-bond donors (Lipinski definition) is 0. The highest BCUT2D eigenvalue weighted by atomic mass is 16.6. The molecular weight excluding hydrogens is 498 g/mol. The highest BCUT2D eigenvalue weighted by Gasteiger charge is 2.36. The predicted octanol–water partition coefficient (Wildman–Crippen LogP) is 4.54. The van der Waals surface area contributed by atoms with Crippen molar-refractivity contribution in [2.45, 2.75) is 59.4 Å². The van der Waals surface area contributed by atoms with Crippen LogP contribution in [0.4, 0.5) is 9.59 Å². The minimum absolute atomic E-state index is 0.0409. The lowest BCUT2D eigenvalue weighted by Crippen LogP contribution is -2.60. The van der Waals surface area contributed by atoms with Crippen molar-refractivity contribution in [3.05, 3.63) is 70.8 Å². The molecule has 1 saturated heterocycles. The van der Waals surface area contributed by atoms with Crippen LogP contribution in [0.25, 0.3) is 0 Å². The van der Waals surface area contributed by atoms with E-state index in [0.717, 1.165) is 16.7 Å². The zero-order chi connectivity index (χ0) is 28.6. The number of hydrogen-bond acceptors (Lipinski definition) is 7. The second-order valence-electron chi connectivity index (χ2n) is 11.0. The molecule has 2 aromatic rings. The first kappa shape index (κ1) is 30.0. The molecule has 1 aliphatic heterocycles. The molecule has 0 saturated carbocycles. The van der Waals surface area contributed by atoms with Crippen molar-refractivity contribution >= 4 is 18.2 Å². The van der Waals surface area contributed by atoms with Crippen LogP contribution < -0.4 is 0 Å². The number of rotatable bonds is 8. The van der Waals surface area contributed by atoms with Gasteiger partial charge in [-0.2, -0.15) is 0 Å². The quantitative estimate of drug-likeness (QED) is 0.360. The fourth-order valence-corrected chi connectivity index (χ4v) is 4.44. The second-order valence-corrected chi connectivity index (χ2v) is 11.0. The molecule has 212 valence electrons. The van der Waals surface area contributed by atoms with E-state index in [1.807, 2.05) is 69.0 Å². The molecule has 0 aliphatic carbocycles. The van der Waals surface area contributed by atoms with E-state index in [1.54, 1.807) is 9.80 Å². The summed E-state index contributed by atoms with van der Waals surface area (Å²) in [7, 11) is 1.36. The van der Waals surface area contributed by atoms with Crippen LogP contribution in [0.15, 0.2) is 48.5 Å². The van der Waals surface area contributed by atoms with Gasteiger partial charge >= 0.3 is 18.2 Å². The van der Waals surface area contributed by atoms with Gasteiger partial charge in [-0.15, -0.1) is 0 Å². The van der Waals surface area contributed by atoms with Crippen LogP contribution in [0, 0.1) is 13.8 Å². The van der Waals surface area contributed by atoms with Crippen molar-refractivity contribution in [3.63, 3.8) is 0 Å². The standard InChI is InChI=1S/C30H41N3O6/c1-22-12-13-25(16-23(22)2)17-31(20-27(34)37-6)18-26-19-32(28(35)39-30(3,4)5)14-15-33(26)29(36)38-21-24-10-8-7-9-11-24/h7-13,16,26H,14-15,17-21H2,1-6H3. The van der Waals surface area contributed by atoms with Crippen molar-refractivity contribution in [2.75, 3.05) is 39.8 Å². The molecule has 1 aliphatic rings. The highest BCUT2D eigenvalue weighted by Crippen LogP contribution is 2.19. The van der Waals surface area contributed by atoms with Gasteiger partial charge in [0.2, 0.25) is 0 Å². The van der Waals surface area contributed by atoms with Crippen LogP contribution in [0.5, 0.6) is 0 Å². The summed E-state index contributed by atoms with van der Waals surface area (Å²) in [4.78, 5) is 43.7. The minimum atomic E-state index is -0.640. The van der Waals surface area contributed by atoms with Gasteiger partial charge in [-0.05, 0) is 56.9 Å². The van der Waals surface area contributed by atoms with Gasteiger partial charge in [0.15, 0.2) is 0 Å². The third kappa shape index (κ3) is 9.28. The monoisotopic (exact) mass is 539 g/mol. The Morgan fingerprint density at radius 3 is 2.31 bits per heavy atom. The smallest absolute Gasteiger partial charge is 0.410 e. The summed E-state index contributed by atoms with van der Waals surface area (Å²) >= 11 is 0. The molecule has 0 radical (unpaired) electrons. The molecule has 39 heavy (non-hydrogen) atoms. The van der Waals surface area contributed by atoms with Gasteiger partial charge in [0.25, 0.3) is 0 Å². The minimum Gasteiger partial charge on any atom is -0.468 e. The summed E-state index contributed by atoms with van der Waals surface area (Å²) in [6, 6.07) is 15.2. The highest BCUT2D eigenvalue weighted by molar-refractivity contribution is 5.72. The van der Waals surface area contributed by atoms with Crippen molar-refractivity contribution in [2.24, 2.45) is 0 Å². The van der Waals surface area contributed by atoms with E-state index in [1.165, 1.54) is 12.7 Å². The maximum Gasteiger partial charge on any atom is 0.410 e. The third-order valence-electron chi connectivity index (χ3n) is 6.60. The van der Waals surface area contributed by atoms with E-state index >= 15 is 0 Å². The fraction of sp³-hybridized carbons (Fsp3) is 0.500. The van der Waals surface area contributed by atoms with Crippen LogP contribution in [0.3, 0.4) is 0 Å². The van der Waals surface area contributed by atoms with Gasteiger partial charge in [-0.3, -0.25) is 9.69 Å². The number of ether oxygens (including phenoxy) is 3. The first-order valence-electron chi connectivity index (χ1n) is 13.3. The molecular formula is C30H41N3O6.